The van der Waals surface area contributed by atoms with Crippen molar-refractivity contribution in [2.45, 2.75) is 13.3 Å². The minimum absolute atomic E-state index is 0.0737. The van der Waals surface area contributed by atoms with Crippen molar-refractivity contribution < 1.29 is 14.3 Å². The molecule has 6 heteroatoms. The minimum Gasteiger partial charge on any atom is -0.492 e. The summed E-state index contributed by atoms with van der Waals surface area (Å²) in [6, 6.07) is 19.0. The highest BCUT2D eigenvalue weighted by molar-refractivity contribution is 6.04. The van der Waals surface area contributed by atoms with Crippen LogP contribution in [0.15, 0.2) is 60.7 Å². The Morgan fingerprint density at radius 1 is 1.14 bits per heavy atom. The van der Waals surface area contributed by atoms with Gasteiger partial charge in [0.25, 0.3) is 0 Å². The van der Waals surface area contributed by atoms with E-state index in [1.807, 2.05) is 67.6 Å². The second kappa shape index (κ2) is 7.91. The molecule has 0 spiro atoms. The molecule has 1 aliphatic rings. The number of ether oxygens (including phenoxy) is 1. The Hall–Kier alpha value is -3.41. The molecule has 2 aromatic carbocycles. The average Bonchev–Trinajstić information content (AvgIpc) is 3.14. The van der Waals surface area contributed by atoms with Crippen molar-refractivity contribution in [2.75, 3.05) is 30.0 Å². The first-order valence-electron chi connectivity index (χ1n) is 9.74. The highest BCUT2D eigenvalue weighted by Gasteiger charge is 2.38. The quantitative estimate of drug-likeness (QED) is 0.668. The highest BCUT2D eigenvalue weighted by atomic mass is 16.5. The number of fused-ring (bicyclic) bond motifs is 1. The SMILES string of the molecule is CCOc1ccccc1N1CC(C(=O)N(C)c2ccc3ccccc3n2)CC1=O. The largest absolute Gasteiger partial charge is 0.492 e. The van der Waals surface area contributed by atoms with E-state index in [-0.39, 0.29) is 18.2 Å². The van der Waals surface area contributed by atoms with E-state index < -0.39 is 5.92 Å². The van der Waals surface area contributed by atoms with Crippen LogP contribution in [0.2, 0.25) is 0 Å². The number of anilines is 2. The first-order chi connectivity index (χ1) is 14.1. The summed E-state index contributed by atoms with van der Waals surface area (Å²) in [6.07, 6.45) is 0.178. The van der Waals surface area contributed by atoms with Gasteiger partial charge in [-0.2, -0.15) is 0 Å². The van der Waals surface area contributed by atoms with Crippen molar-refractivity contribution in [1.29, 1.82) is 0 Å². The van der Waals surface area contributed by atoms with E-state index in [1.54, 1.807) is 16.8 Å². The molecule has 2 amide bonds. The molecule has 2 heterocycles. The van der Waals surface area contributed by atoms with Gasteiger partial charge in [-0.25, -0.2) is 4.98 Å². The number of hydrogen-bond acceptors (Lipinski definition) is 4. The van der Waals surface area contributed by atoms with Crippen molar-refractivity contribution in [3.05, 3.63) is 60.7 Å². The van der Waals surface area contributed by atoms with E-state index in [1.165, 1.54) is 0 Å². The van der Waals surface area contributed by atoms with Gasteiger partial charge in [0.05, 0.1) is 23.7 Å². The van der Waals surface area contributed by atoms with Crippen LogP contribution in [0.1, 0.15) is 13.3 Å². The Morgan fingerprint density at radius 3 is 2.72 bits per heavy atom. The van der Waals surface area contributed by atoms with Gasteiger partial charge in [0, 0.05) is 25.4 Å². The van der Waals surface area contributed by atoms with Crippen molar-refractivity contribution in [3.8, 4) is 5.75 Å². The Labute approximate surface area is 169 Å². The molecule has 4 rings (SSSR count). The second-order valence-corrected chi connectivity index (χ2v) is 7.07. The molecule has 6 nitrogen and oxygen atoms in total. The summed E-state index contributed by atoms with van der Waals surface area (Å²) in [7, 11) is 1.71. The summed E-state index contributed by atoms with van der Waals surface area (Å²) in [5.74, 6) is 0.624. The van der Waals surface area contributed by atoms with Gasteiger partial charge in [-0.15, -0.1) is 0 Å². The summed E-state index contributed by atoms with van der Waals surface area (Å²) in [4.78, 5) is 33.5. The van der Waals surface area contributed by atoms with Gasteiger partial charge in [0.1, 0.15) is 11.6 Å². The molecule has 29 heavy (non-hydrogen) atoms. The van der Waals surface area contributed by atoms with Crippen LogP contribution >= 0.6 is 0 Å². The predicted molar refractivity (Wildman–Crippen MR) is 113 cm³/mol. The topological polar surface area (TPSA) is 62.7 Å². The van der Waals surface area contributed by atoms with Gasteiger partial charge >= 0.3 is 0 Å². The van der Waals surface area contributed by atoms with Crippen LogP contribution in [0.5, 0.6) is 5.75 Å². The number of carbonyl (C=O) groups is 2. The highest BCUT2D eigenvalue weighted by Crippen LogP contribution is 2.34. The number of nitrogens with zero attached hydrogens (tertiary/aromatic N) is 3. The zero-order valence-corrected chi connectivity index (χ0v) is 16.5. The Bertz CT molecular complexity index is 1070. The van der Waals surface area contributed by atoms with Crippen LogP contribution in [0, 0.1) is 5.92 Å². The van der Waals surface area contributed by atoms with Crippen molar-refractivity contribution in [3.63, 3.8) is 0 Å². The number of pyridine rings is 1. The van der Waals surface area contributed by atoms with E-state index >= 15 is 0 Å². The minimum atomic E-state index is -0.421. The summed E-state index contributed by atoms with van der Waals surface area (Å²) < 4.78 is 5.65. The number of hydrogen-bond donors (Lipinski definition) is 0. The lowest BCUT2D eigenvalue weighted by molar-refractivity contribution is -0.124. The van der Waals surface area contributed by atoms with Crippen LogP contribution in [0.3, 0.4) is 0 Å². The molecule has 148 valence electrons. The number of para-hydroxylation sites is 3. The third-order valence-corrected chi connectivity index (χ3v) is 5.19. The van der Waals surface area contributed by atoms with E-state index in [0.717, 1.165) is 10.9 Å². The normalized spacial score (nSPS) is 16.3. The average molecular weight is 389 g/mol. The van der Waals surface area contributed by atoms with Crippen LogP contribution in [-0.4, -0.2) is 37.0 Å². The smallest absolute Gasteiger partial charge is 0.233 e. The molecule has 1 aliphatic heterocycles. The third kappa shape index (κ3) is 3.66. The third-order valence-electron chi connectivity index (χ3n) is 5.19. The van der Waals surface area contributed by atoms with E-state index in [9.17, 15) is 9.59 Å². The van der Waals surface area contributed by atoms with Crippen molar-refractivity contribution in [2.24, 2.45) is 5.92 Å². The fourth-order valence-electron chi connectivity index (χ4n) is 3.69. The molecule has 1 saturated heterocycles. The van der Waals surface area contributed by atoms with Gasteiger partial charge in [-0.05, 0) is 37.3 Å². The van der Waals surface area contributed by atoms with Crippen molar-refractivity contribution in [1.82, 2.24) is 4.98 Å². The number of rotatable bonds is 5. The summed E-state index contributed by atoms with van der Waals surface area (Å²) in [5, 5.41) is 1.02. The fraction of sp³-hybridized carbons (Fsp3) is 0.261. The Balaban J connectivity index is 1.54. The molecule has 1 unspecified atom stereocenters. The number of amides is 2. The van der Waals surface area contributed by atoms with Gasteiger partial charge in [-0.3, -0.25) is 14.5 Å². The molecule has 0 bridgehead atoms. The molecule has 1 fully saturated rings. The zero-order chi connectivity index (χ0) is 20.4. The summed E-state index contributed by atoms with van der Waals surface area (Å²) in [6.45, 7) is 2.75. The van der Waals surface area contributed by atoms with Crippen LogP contribution < -0.4 is 14.5 Å². The molecular formula is C23H23N3O3. The van der Waals surface area contributed by atoms with Crippen LogP contribution in [-0.2, 0) is 9.59 Å². The lowest BCUT2D eigenvalue weighted by Crippen LogP contribution is -2.35. The Morgan fingerprint density at radius 2 is 1.90 bits per heavy atom. The second-order valence-electron chi connectivity index (χ2n) is 7.07. The predicted octanol–water partition coefficient (Wildman–Crippen LogP) is 3.65. The van der Waals surface area contributed by atoms with Crippen LogP contribution in [0.25, 0.3) is 10.9 Å². The van der Waals surface area contributed by atoms with Gasteiger partial charge in [-0.1, -0.05) is 30.3 Å². The maximum Gasteiger partial charge on any atom is 0.233 e. The zero-order valence-electron chi connectivity index (χ0n) is 16.5. The van der Waals surface area contributed by atoms with Gasteiger partial charge < -0.3 is 9.64 Å². The lowest BCUT2D eigenvalue weighted by Gasteiger charge is -2.22. The van der Waals surface area contributed by atoms with E-state index in [0.29, 0.717) is 30.4 Å². The molecule has 1 atom stereocenters. The monoisotopic (exact) mass is 389 g/mol. The molecule has 0 aliphatic carbocycles. The first-order valence-corrected chi connectivity index (χ1v) is 9.74. The summed E-state index contributed by atoms with van der Waals surface area (Å²) >= 11 is 0. The van der Waals surface area contributed by atoms with E-state index in [4.69, 9.17) is 4.74 Å². The first kappa shape index (κ1) is 18.9. The maximum absolute atomic E-state index is 13.1. The van der Waals surface area contributed by atoms with Crippen LogP contribution in [0.4, 0.5) is 11.5 Å². The number of benzene rings is 2. The van der Waals surface area contributed by atoms with Gasteiger partial charge in [0.15, 0.2) is 0 Å². The summed E-state index contributed by atoms with van der Waals surface area (Å²) in [5.41, 5.74) is 1.54. The molecule has 0 N–H and O–H groups in total. The molecule has 0 radical (unpaired) electrons. The Kier molecular flexibility index (Phi) is 5.16. The van der Waals surface area contributed by atoms with Gasteiger partial charge in [0.2, 0.25) is 11.8 Å². The fourth-order valence-corrected chi connectivity index (χ4v) is 3.69. The number of aromatic nitrogens is 1. The number of carbonyl (C=O) groups excluding carboxylic acids is 2. The molecule has 0 saturated carbocycles. The van der Waals surface area contributed by atoms with E-state index in [2.05, 4.69) is 4.98 Å². The van der Waals surface area contributed by atoms with Crippen molar-refractivity contribution >= 4 is 34.2 Å². The molecular weight excluding hydrogens is 366 g/mol. The molecule has 3 aromatic rings. The standard InChI is InChI=1S/C23H23N3O3/c1-3-29-20-11-7-6-10-19(20)26-15-17(14-22(26)27)23(28)25(2)21-13-12-16-8-4-5-9-18(16)24-21/h4-13,17H,3,14-15H2,1-2H3. The maximum atomic E-state index is 13.1. The molecule has 1 aromatic heterocycles. The lowest BCUT2D eigenvalue weighted by atomic mass is 10.1.